The van der Waals surface area contributed by atoms with E-state index in [9.17, 15) is 14.4 Å². The van der Waals surface area contributed by atoms with Crippen molar-refractivity contribution in [1.82, 2.24) is 25.3 Å². The van der Waals surface area contributed by atoms with Crippen LogP contribution in [0.5, 0.6) is 0 Å². The van der Waals surface area contributed by atoms with Crippen LogP contribution in [0.3, 0.4) is 0 Å². The molecular formula is C25H35N5O3. The normalized spacial score (nSPS) is 14.7. The Morgan fingerprint density at radius 2 is 1.79 bits per heavy atom. The summed E-state index contributed by atoms with van der Waals surface area (Å²) in [6.07, 6.45) is 1.27. The van der Waals surface area contributed by atoms with Crippen molar-refractivity contribution >= 4 is 17.7 Å². The van der Waals surface area contributed by atoms with E-state index in [2.05, 4.69) is 15.7 Å². The first-order valence-electron chi connectivity index (χ1n) is 11.7. The van der Waals surface area contributed by atoms with Gasteiger partial charge in [-0.1, -0.05) is 58.0 Å². The van der Waals surface area contributed by atoms with Crippen molar-refractivity contribution in [2.75, 3.05) is 13.1 Å². The second-order valence-corrected chi connectivity index (χ2v) is 9.50. The van der Waals surface area contributed by atoms with Gasteiger partial charge in [0.15, 0.2) is 5.69 Å². The highest BCUT2D eigenvalue weighted by Crippen LogP contribution is 2.17. The van der Waals surface area contributed by atoms with Gasteiger partial charge in [0, 0.05) is 32.2 Å². The highest BCUT2D eigenvalue weighted by Gasteiger charge is 2.28. The third kappa shape index (κ3) is 6.66. The van der Waals surface area contributed by atoms with Gasteiger partial charge in [0.25, 0.3) is 11.8 Å². The molecule has 1 aromatic carbocycles. The number of carbonyl (C=O) groups is 3. The third-order valence-corrected chi connectivity index (χ3v) is 5.55. The van der Waals surface area contributed by atoms with Crippen LogP contribution in [0.25, 0.3) is 0 Å². The molecule has 0 radical (unpaired) electrons. The zero-order valence-electron chi connectivity index (χ0n) is 20.0. The largest absolute Gasteiger partial charge is 0.354 e. The van der Waals surface area contributed by atoms with Crippen LogP contribution in [0.4, 0.5) is 0 Å². The van der Waals surface area contributed by atoms with Crippen molar-refractivity contribution in [3.8, 4) is 0 Å². The lowest BCUT2D eigenvalue weighted by molar-refractivity contribution is -0.123. The molecule has 2 aromatic rings. The van der Waals surface area contributed by atoms with E-state index in [0.29, 0.717) is 44.2 Å². The van der Waals surface area contributed by atoms with E-state index in [1.807, 2.05) is 58.0 Å². The van der Waals surface area contributed by atoms with Gasteiger partial charge >= 0.3 is 0 Å². The van der Waals surface area contributed by atoms with Crippen LogP contribution in [-0.2, 0) is 17.9 Å². The van der Waals surface area contributed by atoms with E-state index in [-0.39, 0.29) is 23.4 Å². The van der Waals surface area contributed by atoms with Crippen molar-refractivity contribution in [3.63, 3.8) is 0 Å². The van der Waals surface area contributed by atoms with Crippen LogP contribution in [-0.4, -0.2) is 51.5 Å². The van der Waals surface area contributed by atoms with Gasteiger partial charge in [-0.25, -0.2) is 0 Å². The molecule has 1 aromatic heterocycles. The second-order valence-electron chi connectivity index (χ2n) is 9.50. The number of fused-ring (bicyclic) bond motifs is 1. The lowest BCUT2D eigenvalue weighted by Gasteiger charge is -2.20. The molecule has 8 nitrogen and oxygen atoms in total. The van der Waals surface area contributed by atoms with Gasteiger partial charge in [-0.2, -0.15) is 5.10 Å². The zero-order valence-corrected chi connectivity index (χ0v) is 20.0. The van der Waals surface area contributed by atoms with Crippen LogP contribution >= 0.6 is 0 Å². The summed E-state index contributed by atoms with van der Waals surface area (Å²) in [6, 6.07) is 10.7. The van der Waals surface area contributed by atoms with Gasteiger partial charge in [0.2, 0.25) is 5.91 Å². The van der Waals surface area contributed by atoms with Crippen molar-refractivity contribution in [2.45, 2.75) is 59.7 Å². The summed E-state index contributed by atoms with van der Waals surface area (Å²) in [5.74, 6) is -0.235. The molecule has 33 heavy (non-hydrogen) atoms. The van der Waals surface area contributed by atoms with E-state index in [1.165, 1.54) is 0 Å². The molecule has 3 rings (SSSR count). The maximum absolute atomic E-state index is 13.2. The average molecular weight is 454 g/mol. The Bertz CT molecular complexity index is 968. The fourth-order valence-electron chi connectivity index (χ4n) is 3.86. The molecule has 0 aliphatic carbocycles. The van der Waals surface area contributed by atoms with Gasteiger partial charge in [-0.3, -0.25) is 19.1 Å². The Hall–Kier alpha value is -3.16. The molecule has 0 saturated carbocycles. The average Bonchev–Trinajstić information content (AvgIpc) is 3.14. The van der Waals surface area contributed by atoms with Gasteiger partial charge in [-0.05, 0) is 30.2 Å². The first-order valence-corrected chi connectivity index (χ1v) is 11.7. The standard InChI is InChI=1S/C25H35N5O3/c1-17(2)13-20(23(31)26-15-18(3)4)27-24(32)21-14-22-25(33)29(11-8-12-30(22)28-21)16-19-9-6-5-7-10-19/h5-7,9-10,14,17-18,20H,8,11-13,15-16H2,1-4H3,(H,26,31)(H,27,32). The van der Waals surface area contributed by atoms with Crippen LogP contribution in [0.2, 0.25) is 0 Å². The van der Waals surface area contributed by atoms with Gasteiger partial charge in [0.05, 0.1) is 0 Å². The molecule has 1 aliphatic heterocycles. The maximum atomic E-state index is 13.2. The van der Waals surface area contributed by atoms with Gasteiger partial charge in [-0.15, -0.1) is 0 Å². The van der Waals surface area contributed by atoms with Crippen LogP contribution in [0.15, 0.2) is 36.4 Å². The number of nitrogens with one attached hydrogen (secondary N) is 2. The number of hydrogen-bond donors (Lipinski definition) is 2. The Kier molecular flexibility index (Phi) is 8.25. The number of aromatic nitrogens is 2. The molecule has 3 amide bonds. The first-order chi connectivity index (χ1) is 15.7. The van der Waals surface area contributed by atoms with Crippen molar-refractivity contribution in [3.05, 3.63) is 53.3 Å². The number of benzene rings is 1. The predicted molar refractivity (Wildman–Crippen MR) is 127 cm³/mol. The van der Waals surface area contributed by atoms with Gasteiger partial charge < -0.3 is 15.5 Å². The minimum Gasteiger partial charge on any atom is -0.354 e. The highest BCUT2D eigenvalue weighted by molar-refractivity contribution is 5.99. The monoisotopic (exact) mass is 453 g/mol. The fraction of sp³-hybridized carbons (Fsp3) is 0.520. The summed E-state index contributed by atoms with van der Waals surface area (Å²) in [6.45, 7) is 10.3. The van der Waals surface area contributed by atoms with E-state index < -0.39 is 11.9 Å². The number of carbonyl (C=O) groups excluding carboxylic acids is 3. The molecule has 0 saturated heterocycles. The van der Waals surface area contributed by atoms with E-state index in [0.717, 1.165) is 12.0 Å². The number of nitrogens with zero attached hydrogens (tertiary/aromatic N) is 3. The molecule has 178 valence electrons. The summed E-state index contributed by atoms with van der Waals surface area (Å²) in [5.41, 5.74) is 1.62. The highest BCUT2D eigenvalue weighted by atomic mass is 16.2. The van der Waals surface area contributed by atoms with Crippen LogP contribution in [0.1, 0.15) is 67.1 Å². The summed E-state index contributed by atoms with van der Waals surface area (Å²) >= 11 is 0. The van der Waals surface area contributed by atoms with Crippen molar-refractivity contribution in [1.29, 1.82) is 0 Å². The molecule has 8 heteroatoms. The molecule has 0 spiro atoms. The van der Waals surface area contributed by atoms with E-state index >= 15 is 0 Å². The van der Waals surface area contributed by atoms with Gasteiger partial charge in [0.1, 0.15) is 11.7 Å². The number of amides is 3. The third-order valence-electron chi connectivity index (χ3n) is 5.55. The Morgan fingerprint density at radius 3 is 2.45 bits per heavy atom. The summed E-state index contributed by atoms with van der Waals surface area (Å²) < 4.78 is 1.61. The molecule has 1 atom stereocenters. The molecule has 2 heterocycles. The molecule has 2 N–H and O–H groups in total. The topological polar surface area (TPSA) is 96.3 Å². The van der Waals surface area contributed by atoms with Crippen LogP contribution in [0, 0.1) is 11.8 Å². The summed E-state index contributed by atoms with van der Waals surface area (Å²) in [7, 11) is 0. The number of aryl methyl sites for hydroxylation is 1. The first kappa shape index (κ1) is 24.5. The summed E-state index contributed by atoms with van der Waals surface area (Å²) in [5, 5.41) is 10.1. The van der Waals surface area contributed by atoms with Crippen molar-refractivity contribution < 1.29 is 14.4 Å². The van der Waals surface area contributed by atoms with Crippen molar-refractivity contribution in [2.24, 2.45) is 11.8 Å². The molecule has 0 fully saturated rings. The number of rotatable bonds is 9. The van der Waals surface area contributed by atoms with Crippen LogP contribution < -0.4 is 10.6 Å². The fourth-order valence-corrected chi connectivity index (χ4v) is 3.86. The van der Waals surface area contributed by atoms with E-state index in [4.69, 9.17) is 0 Å². The lowest BCUT2D eigenvalue weighted by Crippen LogP contribution is -2.48. The smallest absolute Gasteiger partial charge is 0.272 e. The SMILES string of the molecule is CC(C)CNC(=O)C(CC(C)C)NC(=O)c1cc2n(n1)CCCN(Cc1ccccc1)C2=O. The Balaban J connectivity index is 1.73. The minimum atomic E-state index is -0.650. The molecular weight excluding hydrogens is 418 g/mol. The lowest BCUT2D eigenvalue weighted by atomic mass is 10.0. The zero-order chi connectivity index (χ0) is 24.0. The second kappa shape index (κ2) is 11.1. The Labute approximate surface area is 195 Å². The number of hydrogen-bond acceptors (Lipinski definition) is 4. The summed E-state index contributed by atoms with van der Waals surface area (Å²) in [4.78, 5) is 40.6. The quantitative estimate of drug-likeness (QED) is 0.610. The molecule has 1 unspecified atom stereocenters. The molecule has 0 bridgehead atoms. The minimum absolute atomic E-state index is 0.142. The molecule has 1 aliphatic rings. The Morgan fingerprint density at radius 1 is 1.06 bits per heavy atom. The predicted octanol–water partition coefficient (Wildman–Crippen LogP) is 2.85. The maximum Gasteiger partial charge on any atom is 0.272 e. The van der Waals surface area contributed by atoms with E-state index in [1.54, 1.807) is 15.6 Å².